The van der Waals surface area contributed by atoms with E-state index in [0.717, 1.165) is 13.1 Å². The van der Waals surface area contributed by atoms with E-state index in [2.05, 4.69) is 15.0 Å². The van der Waals surface area contributed by atoms with Gasteiger partial charge in [-0.15, -0.1) is 0 Å². The minimum Gasteiger partial charge on any atom is -0.453 e. The summed E-state index contributed by atoms with van der Waals surface area (Å²) in [4.78, 5) is 13.2. The lowest BCUT2D eigenvalue weighted by atomic mass is 10.1. The maximum absolute atomic E-state index is 10.9. The van der Waals surface area contributed by atoms with Crippen LogP contribution < -0.4 is 5.32 Å². The van der Waals surface area contributed by atoms with Gasteiger partial charge in [0.05, 0.1) is 13.3 Å². The van der Waals surface area contributed by atoms with Crippen LogP contribution in [0.3, 0.4) is 0 Å². The van der Waals surface area contributed by atoms with Crippen molar-refractivity contribution in [3.8, 4) is 0 Å². The molecular formula is C9H18N2O2. The average Bonchev–Trinajstić information content (AvgIpc) is 2.19. The summed E-state index contributed by atoms with van der Waals surface area (Å²) in [6.07, 6.45) is 3.51. The lowest BCUT2D eigenvalue weighted by Gasteiger charge is -2.32. The number of likely N-dealkylation sites (tertiary alicyclic amines) is 1. The van der Waals surface area contributed by atoms with Crippen molar-refractivity contribution in [1.82, 2.24) is 10.2 Å². The number of methoxy groups -OCH3 is 1. The molecule has 0 aromatic rings. The number of piperidine rings is 1. The predicted molar refractivity (Wildman–Crippen MR) is 50.4 cm³/mol. The highest BCUT2D eigenvalue weighted by Gasteiger charge is 2.17. The molecule has 1 aliphatic rings. The second-order valence-electron chi connectivity index (χ2n) is 3.41. The lowest BCUT2D eigenvalue weighted by Crippen LogP contribution is -2.48. The zero-order chi connectivity index (χ0) is 9.68. The molecule has 4 nitrogen and oxygen atoms in total. The highest BCUT2D eigenvalue weighted by Crippen LogP contribution is 2.10. The number of carbonyl (C=O) groups excluding carboxylic acids is 1. The van der Waals surface area contributed by atoms with Crippen LogP contribution in [0.1, 0.15) is 26.2 Å². The van der Waals surface area contributed by atoms with E-state index in [1.54, 1.807) is 0 Å². The molecule has 1 heterocycles. The second kappa shape index (κ2) is 5.07. The maximum atomic E-state index is 10.9. The molecule has 0 spiro atoms. The summed E-state index contributed by atoms with van der Waals surface area (Å²) >= 11 is 0. The molecule has 0 aromatic heterocycles. The van der Waals surface area contributed by atoms with E-state index < -0.39 is 0 Å². The standard InChI is InChI=1S/C9H18N2O2/c1-8(10-9(12)13-2)11-6-4-3-5-7-11/h8H,3-7H2,1-2H3,(H,10,12). The summed E-state index contributed by atoms with van der Waals surface area (Å²) in [6, 6.07) is 0. The predicted octanol–water partition coefficient (Wildman–Crippen LogP) is 1.17. The fraction of sp³-hybridized carbons (Fsp3) is 0.889. The summed E-state index contributed by atoms with van der Waals surface area (Å²) in [5, 5.41) is 2.76. The number of nitrogens with one attached hydrogen (secondary N) is 1. The molecule has 0 bridgehead atoms. The van der Waals surface area contributed by atoms with E-state index in [4.69, 9.17) is 0 Å². The number of hydrogen-bond donors (Lipinski definition) is 1. The number of rotatable bonds is 2. The smallest absolute Gasteiger partial charge is 0.408 e. The molecule has 1 aliphatic heterocycles. The molecule has 0 saturated carbocycles. The van der Waals surface area contributed by atoms with Crippen LogP contribution in [0.5, 0.6) is 0 Å². The van der Waals surface area contributed by atoms with Gasteiger partial charge in [-0.05, 0) is 19.8 Å². The van der Waals surface area contributed by atoms with Gasteiger partial charge in [-0.3, -0.25) is 4.90 Å². The highest BCUT2D eigenvalue weighted by molar-refractivity contribution is 5.67. The molecule has 0 radical (unpaired) electrons. The van der Waals surface area contributed by atoms with Crippen molar-refractivity contribution in [2.45, 2.75) is 32.4 Å². The third-order valence-corrected chi connectivity index (χ3v) is 2.45. The van der Waals surface area contributed by atoms with Crippen molar-refractivity contribution in [2.24, 2.45) is 0 Å². The van der Waals surface area contributed by atoms with E-state index in [9.17, 15) is 4.79 Å². The topological polar surface area (TPSA) is 41.6 Å². The number of nitrogens with zero attached hydrogens (tertiary/aromatic N) is 1. The SMILES string of the molecule is COC(=O)NC(C)N1CCCCC1. The Bertz CT molecular complexity index is 167. The van der Waals surface area contributed by atoms with Gasteiger partial charge < -0.3 is 10.1 Å². The molecule has 13 heavy (non-hydrogen) atoms. The molecule has 1 N–H and O–H groups in total. The van der Waals surface area contributed by atoms with Crippen LogP contribution in [0.25, 0.3) is 0 Å². The molecule has 1 atom stereocenters. The molecular weight excluding hydrogens is 168 g/mol. The number of carbonyl (C=O) groups is 1. The van der Waals surface area contributed by atoms with Gasteiger partial charge in [0.25, 0.3) is 0 Å². The monoisotopic (exact) mass is 186 g/mol. The molecule has 4 heteroatoms. The van der Waals surface area contributed by atoms with Gasteiger partial charge in [-0.25, -0.2) is 4.79 Å². The van der Waals surface area contributed by atoms with Gasteiger partial charge in [0.1, 0.15) is 0 Å². The molecule has 1 rings (SSSR count). The molecule has 0 aliphatic carbocycles. The fourth-order valence-electron chi connectivity index (χ4n) is 1.63. The van der Waals surface area contributed by atoms with Crippen LogP contribution in [-0.4, -0.2) is 37.4 Å². The lowest BCUT2D eigenvalue weighted by molar-refractivity contribution is 0.123. The molecule has 1 saturated heterocycles. The minimum absolute atomic E-state index is 0.0905. The molecule has 1 amide bonds. The van der Waals surface area contributed by atoms with Crippen LogP contribution in [0.4, 0.5) is 4.79 Å². The first kappa shape index (κ1) is 10.3. The molecule has 0 aromatic carbocycles. The van der Waals surface area contributed by atoms with E-state index in [-0.39, 0.29) is 12.3 Å². The van der Waals surface area contributed by atoms with Crippen molar-refractivity contribution < 1.29 is 9.53 Å². The molecule has 1 fully saturated rings. The number of alkyl carbamates (subject to hydrolysis) is 1. The van der Waals surface area contributed by atoms with Gasteiger partial charge >= 0.3 is 6.09 Å². The average molecular weight is 186 g/mol. The van der Waals surface area contributed by atoms with E-state index >= 15 is 0 Å². The Morgan fingerprint density at radius 1 is 1.38 bits per heavy atom. The molecule has 76 valence electrons. The highest BCUT2D eigenvalue weighted by atomic mass is 16.5. The zero-order valence-electron chi connectivity index (χ0n) is 8.38. The normalized spacial score (nSPS) is 20.8. The Kier molecular flexibility index (Phi) is 4.02. The maximum Gasteiger partial charge on any atom is 0.408 e. The Labute approximate surface area is 79.2 Å². The Morgan fingerprint density at radius 3 is 2.54 bits per heavy atom. The number of amides is 1. The first-order chi connectivity index (χ1) is 6.24. The van der Waals surface area contributed by atoms with Crippen molar-refractivity contribution in [3.63, 3.8) is 0 Å². The third-order valence-electron chi connectivity index (χ3n) is 2.45. The second-order valence-corrected chi connectivity index (χ2v) is 3.41. The van der Waals surface area contributed by atoms with Gasteiger partial charge in [0.2, 0.25) is 0 Å². The van der Waals surface area contributed by atoms with Crippen LogP contribution >= 0.6 is 0 Å². The third kappa shape index (κ3) is 3.22. The Balaban J connectivity index is 2.28. The minimum atomic E-state index is -0.349. The van der Waals surface area contributed by atoms with Gasteiger partial charge in [-0.1, -0.05) is 6.42 Å². The van der Waals surface area contributed by atoms with Gasteiger partial charge in [0, 0.05) is 13.1 Å². The van der Waals surface area contributed by atoms with Crippen LogP contribution in [0.2, 0.25) is 0 Å². The quantitative estimate of drug-likeness (QED) is 0.704. The zero-order valence-corrected chi connectivity index (χ0v) is 8.38. The first-order valence-electron chi connectivity index (χ1n) is 4.82. The summed E-state index contributed by atoms with van der Waals surface area (Å²) in [5.74, 6) is 0. The number of hydrogen-bond acceptors (Lipinski definition) is 3. The van der Waals surface area contributed by atoms with Crippen molar-refractivity contribution in [1.29, 1.82) is 0 Å². The summed E-state index contributed by atoms with van der Waals surface area (Å²) < 4.78 is 4.53. The van der Waals surface area contributed by atoms with E-state index in [1.165, 1.54) is 26.4 Å². The summed E-state index contributed by atoms with van der Waals surface area (Å²) in [6.45, 7) is 4.14. The van der Waals surface area contributed by atoms with E-state index in [1.807, 2.05) is 6.92 Å². The summed E-state index contributed by atoms with van der Waals surface area (Å²) in [5.41, 5.74) is 0. The Morgan fingerprint density at radius 2 is 2.00 bits per heavy atom. The Hall–Kier alpha value is -0.770. The largest absolute Gasteiger partial charge is 0.453 e. The summed E-state index contributed by atoms with van der Waals surface area (Å²) in [7, 11) is 1.39. The van der Waals surface area contributed by atoms with Crippen LogP contribution in [0.15, 0.2) is 0 Å². The van der Waals surface area contributed by atoms with E-state index in [0.29, 0.717) is 0 Å². The van der Waals surface area contributed by atoms with Crippen molar-refractivity contribution >= 4 is 6.09 Å². The van der Waals surface area contributed by atoms with Crippen molar-refractivity contribution in [2.75, 3.05) is 20.2 Å². The fourth-order valence-corrected chi connectivity index (χ4v) is 1.63. The first-order valence-corrected chi connectivity index (χ1v) is 4.82. The van der Waals surface area contributed by atoms with Crippen LogP contribution in [-0.2, 0) is 4.74 Å². The van der Waals surface area contributed by atoms with Gasteiger partial charge in [0.15, 0.2) is 0 Å². The van der Waals surface area contributed by atoms with Gasteiger partial charge in [-0.2, -0.15) is 0 Å². The van der Waals surface area contributed by atoms with Crippen LogP contribution in [0, 0.1) is 0 Å². The molecule has 1 unspecified atom stereocenters. The number of ether oxygens (including phenoxy) is 1. The van der Waals surface area contributed by atoms with Crippen molar-refractivity contribution in [3.05, 3.63) is 0 Å².